The normalized spacial score (nSPS) is 12.2. The summed E-state index contributed by atoms with van der Waals surface area (Å²) in [7, 11) is 1.35. The van der Waals surface area contributed by atoms with Gasteiger partial charge in [-0.25, -0.2) is 19.6 Å². The van der Waals surface area contributed by atoms with E-state index in [1.807, 2.05) is 38.1 Å². The molecule has 0 aliphatic rings. The van der Waals surface area contributed by atoms with Crippen LogP contribution in [0.1, 0.15) is 71.2 Å². The molecule has 0 amide bonds. The average Bonchev–Trinajstić information content (AvgIpc) is 3.26. The third-order valence-corrected chi connectivity index (χ3v) is 7.81. The Balaban J connectivity index is 1.93. The molecule has 196 valence electrons. The quantitative estimate of drug-likeness (QED) is 0.176. The summed E-state index contributed by atoms with van der Waals surface area (Å²) in [6.07, 6.45) is 5.50. The van der Waals surface area contributed by atoms with Crippen LogP contribution in [0.15, 0.2) is 48.5 Å². The summed E-state index contributed by atoms with van der Waals surface area (Å²) >= 11 is 1.64. The summed E-state index contributed by atoms with van der Waals surface area (Å²) < 4.78 is 5.01. The molecule has 1 unspecified atom stereocenters. The van der Waals surface area contributed by atoms with Gasteiger partial charge >= 0.3 is 11.9 Å². The monoisotopic (exact) mass is 528 g/mol. The minimum Gasteiger partial charge on any atom is -0.478 e. The van der Waals surface area contributed by atoms with Gasteiger partial charge in [-0.15, -0.1) is 11.3 Å². The number of hydrogen-bond acceptors (Lipinski definition) is 6. The highest BCUT2D eigenvalue weighted by molar-refractivity contribution is 7.15. The smallest absolute Gasteiger partial charge is 0.337 e. The number of ether oxygens (including phenoxy) is 1. The molecule has 4 aromatic rings. The Morgan fingerprint density at radius 2 is 1.87 bits per heavy atom. The number of hydrogen-bond donors (Lipinski definition) is 1. The van der Waals surface area contributed by atoms with Gasteiger partial charge in [0.15, 0.2) is 0 Å². The SMILES string of the molecule is CCCC(CC)c1cc(C(=O)OC)cc(/C=C/C(=O)O)c1-c1ccc2nc(-c3sc(C)nc3C)ccc2c1. The first-order valence-corrected chi connectivity index (χ1v) is 13.6. The van der Waals surface area contributed by atoms with E-state index in [2.05, 4.69) is 31.0 Å². The first kappa shape index (κ1) is 27.2. The number of carbonyl (C=O) groups excluding carboxylic acids is 1. The predicted molar refractivity (Wildman–Crippen MR) is 154 cm³/mol. The molecule has 38 heavy (non-hydrogen) atoms. The van der Waals surface area contributed by atoms with Crippen molar-refractivity contribution in [3.8, 4) is 21.7 Å². The standard InChI is InChI=1S/C31H32N2O4S/c1-6-8-20(7-2)25-17-24(31(36)37-5)16-23(11-14-28(34)35)29(25)22-10-12-26-21(15-22)9-13-27(33-26)30-18(3)32-19(4)38-30/h9-17,20H,6-8H2,1-5H3,(H,34,35)/b14-11+. The van der Waals surface area contributed by atoms with E-state index in [1.165, 1.54) is 7.11 Å². The van der Waals surface area contributed by atoms with Crippen LogP contribution < -0.4 is 0 Å². The van der Waals surface area contributed by atoms with Crippen LogP contribution in [0.5, 0.6) is 0 Å². The summed E-state index contributed by atoms with van der Waals surface area (Å²) in [5.41, 5.74) is 6.71. The van der Waals surface area contributed by atoms with Crippen LogP contribution >= 0.6 is 11.3 Å². The zero-order chi connectivity index (χ0) is 27.4. The van der Waals surface area contributed by atoms with E-state index in [9.17, 15) is 14.7 Å². The summed E-state index contributed by atoms with van der Waals surface area (Å²) in [5, 5.41) is 11.3. The first-order valence-electron chi connectivity index (χ1n) is 12.8. The molecule has 0 radical (unpaired) electrons. The number of aromatic nitrogens is 2. The van der Waals surface area contributed by atoms with Crippen LogP contribution in [0.2, 0.25) is 0 Å². The number of aliphatic carboxylic acids is 1. The summed E-state index contributed by atoms with van der Waals surface area (Å²) in [4.78, 5) is 34.5. The third kappa shape index (κ3) is 5.68. The van der Waals surface area contributed by atoms with Crippen molar-refractivity contribution >= 4 is 40.3 Å². The molecule has 1 N–H and O–H groups in total. The second kappa shape index (κ2) is 11.7. The van der Waals surface area contributed by atoms with E-state index in [0.29, 0.717) is 11.1 Å². The molecule has 7 heteroatoms. The Morgan fingerprint density at radius 1 is 1.08 bits per heavy atom. The van der Waals surface area contributed by atoms with Crippen LogP contribution in [-0.4, -0.2) is 34.1 Å². The van der Waals surface area contributed by atoms with E-state index in [-0.39, 0.29) is 5.92 Å². The number of carboxylic acid groups (broad SMARTS) is 1. The van der Waals surface area contributed by atoms with Gasteiger partial charge in [-0.1, -0.05) is 32.4 Å². The molecule has 6 nitrogen and oxygen atoms in total. The fourth-order valence-corrected chi connectivity index (χ4v) is 5.87. The molecule has 0 fully saturated rings. The van der Waals surface area contributed by atoms with Crippen LogP contribution in [-0.2, 0) is 9.53 Å². The Bertz CT molecular complexity index is 1540. The summed E-state index contributed by atoms with van der Waals surface area (Å²) in [5.74, 6) is -1.30. The van der Waals surface area contributed by atoms with E-state index in [4.69, 9.17) is 9.72 Å². The van der Waals surface area contributed by atoms with Crippen molar-refractivity contribution in [2.75, 3.05) is 7.11 Å². The molecule has 0 saturated heterocycles. The van der Waals surface area contributed by atoms with Gasteiger partial charge in [-0.2, -0.15) is 0 Å². The van der Waals surface area contributed by atoms with Crippen molar-refractivity contribution in [3.63, 3.8) is 0 Å². The maximum atomic E-state index is 12.5. The second-order valence-electron chi connectivity index (χ2n) is 9.34. The number of carbonyl (C=O) groups is 2. The topological polar surface area (TPSA) is 89.4 Å². The Kier molecular flexibility index (Phi) is 8.37. The number of benzene rings is 2. The van der Waals surface area contributed by atoms with Crippen molar-refractivity contribution in [2.45, 2.75) is 52.9 Å². The van der Waals surface area contributed by atoms with Crippen molar-refractivity contribution < 1.29 is 19.4 Å². The highest BCUT2D eigenvalue weighted by Crippen LogP contribution is 2.39. The molecule has 2 heterocycles. The van der Waals surface area contributed by atoms with Gasteiger partial charge in [-0.3, -0.25) is 0 Å². The van der Waals surface area contributed by atoms with E-state index in [1.54, 1.807) is 23.5 Å². The molecule has 0 aliphatic heterocycles. The van der Waals surface area contributed by atoms with Gasteiger partial charge in [0, 0.05) is 11.5 Å². The Hall–Kier alpha value is -3.84. The van der Waals surface area contributed by atoms with Crippen LogP contribution in [0, 0.1) is 13.8 Å². The molecule has 0 saturated carbocycles. The highest BCUT2D eigenvalue weighted by Gasteiger charge is 2.21. The van der Waals surface area contributed by atoms with Gasteiger partial charge in [0.1, 0.15) is 0 Å². The lowest BCUT2D eigenvalue weighted by Gasteiger charge is -2.22. The number of methoxy groups -OCH3 is 1. The van der Waals surface area contributed by atoms with Crippen LogP contribution in [0.3, 0.4) is 0 Å². The molecule has 0 spiro atoms. The van der Waals surface area contributed by atoms with Crippen LogP contribution in [0.4, 0.5) is 0 Å². The molecule has 4 rings (SSSR count). The minimum absolute atomic E-state index is 0.199. The van der Waals surface area contributed by atoms with Crippen molar-refractivity contribution in [3.05, 3.63) is 75.9 Å². The minimum atomic E-state index is -1.05. The highest BCUT2D eigenvalue weighted by atomic mass is 32.1. The van der Waals surface area contributed by atoms with E-state index >= 15 is 0 Å². The summed E-state index contributed by atoms with van der Waals surface area (Å²) in [6.45, 7) is 8.27. The number of thiazole rings is 1. The molecule has 0 bridgehead atoms. The molecule has 2 aromatic carbocycles. The zero-order valence-electron chi connectivity index (χ0n) is 22.4. The molecule has 0 aliphatic carbocycles. The average molecular weight is 529 g/mol. The van der Waals surface area contributed by atoms with Gasteiger partial charge in [0.2, 0.25) is 0 Å². The predicted octanol–water partition coefficient (Wildman–Crippen LogP) is 7.82. The number of carboxylic acids is 1. The fraction of sp³-hybridized carbons (Fsp3) is 0.290. The van der Waals surface area contributed by atoms with E-state index < -0.39 is 11.9 Å². The Labute approximate surface area is 227 Å². The van der Waals surface area contributed by atoms with Crippen LogP contribution in [0.25, 0.3) is 38.7 Å². The maximum Gasteiger partial charge on any atom is 0.337 e. The lowest BCUT2D eigenvalue weighted by atomic mass is 9.82. The molecular weight excluding hydrogens is 496 g/mol. The van der Waals surface area contributed by atoms with Crippen molar-refractivity contribution in [1.82, 2.24) is 9.97 Å². The van der Waals surface area contributed by atoms with Gasteiger partial charge in [-0.05, 0) is 91.3 Å². The number of esters is 1. The lowest BCUT2D eigenvalue weighted by Crippen LogP contribution is -2.08. The first-order chi connectivity index (χ1) is 18.2. The van der Waals surface area contributed by atoms with E-state index in [0.717, 1.165) is 74.2 Å². The number of pyridine rings is 1. The van der Waals surface area contributed by atoms with Crippen molar-refractivity contribution in [2.24, 2.45) is 0 Å². The number of nitrogens with zero attached hydrogens (tertiary/aromatic N) is 2. The number of aryl methyl sites for hydroxylation is 2. The van der Waals surface area contributed by atoms with Gasteiger partial charge in [0.05, 0.1) is 39.5 Å². The largest absolute Gasteiger partial charge is 0.478 e. The maximum absolute atomic E-state index is 12.5. The fourth-order valence-electron chi connectivity index (χ4n) is 4.98. The second-order valence-corrected chi connectivity index (χ2v) is 10.5. The molecule has 2 aromatic heterocycles. The third-order valence-electron chi connectivity index (χ3n) is 6.71. The molecule has 1 atom stereocenters. The molecular formula is C31H32N2O4S. The lowest BCUT2D eigenvalue weighted by molar-refractivity contribution is -0.131. The number of rotatable bonds is 9. The van der Waals surface area contributed by atoms with Crippen molar-refractivity contribution in [1.29, 1.82) is 0 Å². The summed E-state index contributed by atoms with van der Waals surface area (Å²) in [6, 6.07) is 13.8. The zero-order valence-corrected chi connectivity index (χ0v) is 23.2. The number of fused-ring (bicyclic) bond motifs is 1. The Morgan fingerprint density at radius 3 is 2.50 bits per heavy atom. The van der Waals surface area contributed by atoms with Gasteiger partial charge in [0.25, 0.3) is 0 Å². The van der Waals surface area contributed by atoms with Gasteiger partial charge < -0.3 is 9.84 Å².